The van der Waals surface area contributed by atoms with Crippen LogP contribution in [0, 0.1) is 6.92 Å². The summed E-state index contributed by atoms with van der Waals surface area (Å²) in [7, 11) is -1.37. The van der Waals surface area contributed by atoms with Gasteiger partial charge in [0, 0.05) is 11.8 Å². The van der Waals surface area contributed by atoms with E-state index in [0.717, 1.165) is 5.56 Å². The lowest BCUT2D eigenvalue weighted by molar-refractivity contribution is -0.161. The Balaban J connectivity index is 2.58. The lowest BCUT2D eigenvalue weighted by Crippen LogP contribution is -2.22. The van der Waals surface area contributed by atoms with Gasteiger partial charge < -0.3 is 9.84 Å². The number of hydrogen-bond donors (Lipinski definition) is 1. The Kier molecular flexibility index (Phi) is 4.64. The van der Waals surface area contributed by atoms with Crippen molar-refractivity contribution in [1.82, 2.24) is 0 Å². The molecule has 2 atom stereocenters. The van der Waals surface area contributed by atoms with Crippen LogP contribution in [-0.4, -0.2) is 27.3 Å². The summed E-state index contributed by atoms with van der Waals surface area (Å²) in [6.45, 7) is 3.12. The Hall–Kier alpha value is -1.20. The summed E-state index contributed by atoms with van der Waals surface area (Å²) in [6.07, 6.45) is -1.32. The molecule has 1 rings (SSSR count). The maximum Gasteiger partial charge on any atom is 0.304 e. The normalized spacial score (nSPS) is 14.2. The molecule has 0 bridgehead atoms. The van der Waals surface area contributed by atoms with Gasteiger partial charge in [0.05, 0.1) is 16.6 Å². The average molecular weight is 242 g/mol. The Morgan fingerprint density at radius 3 is 2.50 bits per heavy atom. The molecule has 16 heavy (non-hydrogen) atoms. The first-order valence-corrected chi connectivity index (χ1v) is 6.11. The first kappa shape index (κ1) is 12.9. The van der Waals surface area contributed by atoms with Crippen LogP contribution in [0.4, 0.5) is 0 Å². The monoisotopic (exact) mass is 242 g/mol. The molecular formula is C11H14O4S. The Morgan fingerprint density at radius 2 is 2.00 bits per heavy atom. The van der Waals surface area contributed by atoms with E-state index in [2.05, 4.69) is 4.74 Å². The Labute approximate surface area is 96.7 Å². The van der Waals surface area contributed by atoms with Crippen molar-refractivity contribution in [3.8, 4) is 0 Å². The summed E-state index contributed by atoms with van der Waals surface area (Å²) in [6, 6.07) is 7.13. The summed E-state index contributed by atoms with van der Waals surface area (Å²) in [4.78, 5) is 11.1. The summed E-state index contributed by atoms with van der Waals surface area (Å²) in [5.74, 6) is -0.698. The van der Waals surface area contributed by atoms with Crippen molar-refractivity contribution in [2.45, 2.75) is 25.0 Å². The minimum Gasteiger partial charge on any atom is -0.435 e. The van der Waals surface area contributed by atoms with Crippen LogP contribution in [0.2, 0.25) is 0 Å². The van der Waals surface area contributed by atoms with Crippen molar-refractivity contribution in [3.63, 3.8) is 0 Å². The van der Waals surface area contributed by atoms with Gasteiger partial charge in [-0.05, 0) is 19.1 Å². The number of carbonyl (C=O) groups is 1. The van der Waals surface area contributed by atoms with Gasteiger partial charge in [-0.15, -0.1) is 0 Å². The zero-order valence-corrected chi connectivity index (χ0v) is 9.99. The van der Waals surface area contributed by atoms with Crippen LogP contribution in [0.1, 0.15) is 12.5 Å². The SMILES string of the molecule is CC(=O)OC(O)CS(=O)c1ccc(C)cc1. The predicted molar refractivity (Wildman–Crippen MR) is 60.2 cm³/mol. The van der Waals surface area contributed by atoms with Crippen molar-refractivity contribution in [1.29, 1.82) is 0 Å². The van der Waals surface area contributed by atoms with Crippen LogP contribution in [0.3, 0.4) is 0 Å². The third-order valence-corrected chi connectivity index (χ3v) is 3.27. The second-order valence-electron chi connectivity index (χ2n) is 3.39. The molecule has 1 aromatic rings. The number of aryl methyl sites for hydroxylation is 1. The smallest absolute Gasteiger partial charge is 0.304 e. The van der Waals surface area contributed by atoms with Crippen LogP contribution >= 0.6 is 0 Å². The van der Waals surface area contributed by atoms with Crippen molar-refractivity contribution in [2.24, 2.45) is 0 Å². The van der Waals surface area contributed by atoms with Gasteiger partial charge in [-0.1, -0.05) is 17.7 Å². The van der Waals surface area contributed by atoms with Crippen LogP contribution in [-0.2, 0) is 20.3 Å². The molecule has 4 nitrogen and oxygen atoms in total. The summed E-state index contributed by atoms with van der Waals surface area (Å²) in [5.41, 5.74) is 1.07. The highest BCUT2D eigenvalue weighted by molar-refractivity contribution is 7.85. The highest BCUT2D eigenvalue weighted by atomic mass is 32.2. The number of hydrogen-bond acceptors (Lipinski definition) is 4. The topological polar surface area (TPSA) is 63.6 Å². The maximum atomic E-state index is 11.7. The zero-order valence-electron chi connectivity index (χ0n) is 9.17. The van der Waals surface area contributed by atoms with Crippen molar-refractivity contribution in [2.75, 3.05) is 5.75 Å². The molecule has 0 aromatic heterocycles. The molecule has 0 saturated heterocycles. The van der Waals surface area contributed by atoms with E-state index in [1.54, 1.807) is 12.1 Å². The fraction of sp³-hybridized carbons (Fsp3) is 0.364. The second kappa shape index (κ2) is 5.77. The van der Waals surface area contributed by atoms with Gasteiger partial charge in [-0.25, -0.2) is 0 Å². The molecule has 2 unspecified atom stereocenters. The van der Waals surface area contributed by atoms with Gasteiger partial charge in [-0.3, -0.25) is 9.00 Å². The Bertz CT molecular complexity index is 385. The van der Waals surface area contributed by atoms with E-state index in [0.29, 0.717) is 4.90 Å². The molecule has 88 valence electrons. The Morgan fingerprint density at radius 1 is 1.44 bits per heavy atom. The molecular weight excluding hydrogens is 228 g/mol. The summed E-state index contributed by atoms with van der Waals surface area (Å²) < 4.78 is 16.2. The molecule has 5 heteroatoms. The van der Waals surface area contributed by atoms with E-state index in [-0.39, 0.29) is 5.75 Å². The molecule has 0 aliphatic heterocycles. The van der Waals surface area contributed by atoms with Crippen LogP contribution in [0.5, 0.6) is 0 Å². The number of benzene rings is 1. The summed E-state index contributed by atoms with van der Waals surface area (Å²) >= 11 is 0. The van der Waals surface area contributed by atoms with Gasteiger partial charge >= 0.3 is 5.97 Å². The minimum atomic E-state index is -1.37. The van der Waals surface area contributed by atoms with E-state index >= 15 is 0 Å². The number of esters is 1. The van der Waals surface area contributed by atoms with Gasteiger partial charge in [-0.2, -0.15) is 0 Å². The largest absolute Gasteiger partial charge is 0.435 e. The van der Waals surface area contributed by atoms with Crippen LogP contribution < -0.4 is 0 Å². The molecule has 0 aliphatic rings. The number of rotatable bonds is 4. The molecule has 0 spiro atoms. The average Bonchev–Trinajstić information content (AvgIpc) is 2.16. The highest BCUT2D eigenvalue weighted by Crippen LogP contribution is 2.09. The quantitative estimate of drug-likeness (QED) is 0.631. The third-order valence-electron chi connectivity index (χ3n) is 1.88. The number of carbonyl (C=O) groups excluding carboxylic acids is 1. The molecule has 0 saturated carbocycles. The lowest BCUT2D eigenvalue weighted by atomic mass is 10.2. The number of aliphatic hydroxyl groups is 1. The van der Waals surface area contributed by atoms with Crippen molar-refractivity contribution < 1.29 is 18.8 Å². The van der Waals surface area contributed by atoms with E-state index in [1.807, 2.05) is 19.1 Å². The van der Waals surface area contributed by atoms with Gasteiger partial charge in [0.25, 0.3) is 0 Å². The molecule has 1 aromatic carbocycles. The van der Waals surface area contributed by atoms with Crippen molar-refractivity contribution in [3.05, 3.63) is 29.8 Å². The standard InChI is InChI=1S/C11H14O4S/c1-8-3-5-10(6-4-8)16(14)7-11(13)15-9(2)12/h3-6,11,13H,7H2,1-2H3. The van der Waals surface area contributed by atoms with E-state index in [1.165, 1.54) is 6.92 Å². The van der Waals surface area contributed by atoms with Crippen LogP contribution in [0.15, 0.2) is 29.2 Å². The molecule has 1 N–H and O–H groups in total. The number of ether oxygens (including phenoxy) is 1. The molecule has 0 radical (unpaired) electrons. The fourth-order valence-corrected chi connectivity index (χ4v) is 2.10. The molecule has 0 amide bonds. The molecule has 0 aliphatic carbocycles. The van der Waals surface area contributed by atoms with Crippen molar-refractivity contribution >= 4 is 16.8 Å². The van der Waals surface area contributed by atoms with Gasteiger partial charge in [0.2, 0.25) is 6.29 Å². The predicted octanol–water partition coefficient (Wildman–Crippen LogP) is 0.984. The van der Waals surface area contributed by atoms with E-state index in [9.17, 15) is 14.1 Å². The van der Waals surface area contributed by atoms with Gasteiger partial charge in [0.15, 0.2) is 0 Å². The molecule has 0 heterocycles. The first-order valence-electron chi connectivity index (χ1n) is 4.79. The second-order valence-corrected chi connectivity index (χ2v) is 4.89. The number of aliphatic hydroxyl groups excluding tert-OH is 1. The van der Waals surface area contributed by atoms with Crippen LogP contribution in [0.25, 0.3) is 0 Å². The van der Waals surface area contributed by atoms with Gasteiger partial charge in [0.1, 0.15) is 0 Å². The summed E-state index contributed by atoms with van der Waals surface area (Å²) in [5, 5.41) is 9.27. The molecule has 0 fully saturated rings. The first-order chi connectivity index (χ1) is 7.49. The third kappa shape index (κ3) is 4.12. The zero-order chi connectivity index (χ0) is 12.1. The minimum absolute atomic E-state index is 0.108. The van der Waals surface area contributed by atoms with E-state index in [4.69, 9.17) is 0 Å². The van der Waals surface area contributed by atoms with E-state index < -0.39 is 23.1 Å². The fourth-order valence-electron chi connectivity index (χ4n) is 1.14. The highest BCUT2D eigenvalue weighted by Gasteiger charge is 2.13. The lowest BCUT2D eigenvalue weighted by Gasteiger charge is -2.10. The maximum absolute atomic E-state index is 11.7.